The van der Waals surface area contributed by atoms with E-state index in [4.69, 9.17) is 17.3 Å². The number of hydrogen-bond donors (Lipinski definition) is 2. The molecule has 2 nitrogen and oxygen atoms in total. The van der Waals surface area contributed by atoms with Crippen LogP contribution in [0, 0.1) is 5.82 Å². The second-order valence-corrected chi connectivity index (χ2v) is 4.94. The third-order valence-electron chi connectivity index (χ3n) is 2.96. The normalized spacial score (nSPS) is 12.4. The molecule has 1 unspecified atom stereocenters. The molecular weight excluding hydrogens is 265 g/mol. The van der Waals surface area contributed by atoms with E-state index in [9.17, 15) is 9.50 Å². The summed E-state index contributed by atoms with van der Waals surface area (Å²) in [6.45, 7) is 0. The molecule has 0 bridgehead atoms. The van der Waals surface area contributed by atoms with Crippen molar-refractivity contribution in [3.63, 3.8) is 0 Å². The summed E-state index contributed by atoms with van der Waals surface area (Å²) in [6.07, 6.45) is 0.983. The van der Waals surface area contributed by atoms with Crippen LogP contribution in [0.1, 0.15) is 11.1 Å². The Kier molecular flexibility index (Phi) is 4.40. The average molecular weight is 280 g/mol. The van der Waals surface area contributed by atoms with Crippen molar-refractivity contribution >= 4 is 11.6 Å². The predicted octanol–water partition coefficient (Wildman–Crippen LogP) is 3.30. The van der Waals surface area contributed by atoms with Crippen molar-refractivity contribution in [2.24, 2.45) is 5.73 Å². The Bertz CT molecular complexity index is 536. The monoisotopic (exact) mass is 279 g/mol. The van der Waals surface area contributed by atoms with E-state index in [2.05, 4.69) is 0 Å². The Labute approximate surface area is 116 Å². The van der Waals surface area contributed by atoms with Crippen molar-refractivity contribution in [2.75, 3.05) is 0 Å². The van der Waals surface area contributed by atoms with E-state index in [1.54, 1.807) is 36.4 Å². The van der Waals surface area contributed by atoms with Gasteiger partial charge in [-0.2, -0.15) is 0 Å². The standard InChI is InChI=1S/C15H15ClFNO/c16-14-2-1-3-15(17)13(14)9-11(18)8-10-4-6-12(19)7-5-10/h1-7,11,19H,8-9,18H2. The van der Waals surface area contributed by atoms with Crippen molar-refractivity contribution in [3.8, 4) is 5.75 Å². The predicted molar refractivity (Wildman–Crippen MR) is 74.9 cm³/mol. The maximum atomic E-state index is 13.6. The molecule has 2 aromatic carbocycles. The number of nitrogens with two attached hydrogens (primary N) is 1. The van der Waals surface area contributed by atoms with Gasteiger partial charge in [-0.3, -0.25) is 0 Å². The molecule has 0 spiro atoms. The molecule has 0 amide bonds. The van der Waals surface area contributed by atoms with E-state index in [1.807, 2.05) is 0 Å². The van der Waals surface area contributed by atoms with Crippen LogP contribution in [-0.4, -0.2) is 11.1 Å². The second kappa shape index (κ2) is 6.04. The number of benzene rings is 2. The minimum absolute atomic E-state index is 0.217. The maximum absolute atomic E-state index is 13.6. The first-order valence-electron chi connectivity index (χ1n) is 6.02. The SMILES string of the molecule is NC(Cc1ccc(O)cc1)Cc1c(F)cccc1Cl. The van der Waals surface area contributed by atoms with E-state index in [-0.39, 0.29) is 17.6 Å². The Morgan fingerprint density at radius 3 is 2.42 bits per heavy atom. The van der Waals surface area contributed by atoms with Gasteiger partial charge in [-0.25, -0.2) is 4.39 Å². The molecule has 2 aromatic rings. The average Bonchev–Trinajstić information content (AvgIpc) is 2.37. The first-order chi connectivity index (χ1) is 9.06. The van der Waals surface area contributed by atoms with Crippen molar-refractivity contribution in [3.05, 3.63) is 64.4 Å². The third-order valence-corrected chi connectivity index (χ3v) is 3.32. The summed E-state index contributed by atoms with van der Waals surface area (Å²) < 4.78 is 13.6. The van der Waals surface area contributed by atoms with Gasteiger partial charge in [-0.05, 0) is 42.7 Å². The lowest BCUT2D eigenvalue weighted by molar-refractivity contribution is 0.475. The van der Waals surface area contributed by atoms with Gasteiger partial charge in [0.1, 0.15) is 11.6 Å². The van der Waals surface area contributed by atoms with Gasteiger partial charge in [-0.1, -0.05) is 29.8 Å². The lowest BCUT2D eigenvalue weighted by Gasteiger charge is -2.13. The van der Waals surface area contributed by atoms with E-state index in [0.29, 0.717) is 23.4 Å². The first-order valence-corrected chi connectivity index (χ1v) is 6.40. The minimum atomic E-state index is -0.325. The quantitative estimate of drug-likeness (QED) is 0.902. The molecule has 19 heavy (non-hydrogen) atoms. The molecule has 0 aliphatic rings. The lowest BCUT2D eigenvalue weighted by atomic mass is 9.99. The minimum Gasteiger partial charge on any atom is -0.508 e. The van der Waals surface area contributed by atoms with Crippen LogP contribution >= 0.6 is 11.6 Å². The molecule has 0 aliphatic carbocycles. The fraction of sp³-hybridized carbons (Fsp3) is 0.200. The highest BCUT2D eigenvalue weighted by molar-refractivity contribution is 6.31. The maximum Gasteiger partial charge on any atom is 0.127 e. The van der Waals surface area contributed by atoms with Crippen LogP contribution in [0.4, 0.5) is 4.39 Å². The second-order valence-electron chi connectivity index (χ2n) is 4.53. The lowest BCUT2D eigenvalue weighted by Crippen LogP contribution is -2.26. The molecule has 4 heteroatoms. The molecule has 3 N–H and O–H groups in total. The van der Waals surface area contributed by atoms with Crippen LogP contribution in [-0.2, 0) is 12.8 Å². The number of rotatable bonds is 4. The fourth-order valence-corrected chi connectivity index (χ4v) is 2.24. The molecule has 100 valence electrons. The smallest absolute Gasteiger partial charge is 0.127 e. The van der Waals surface area contributed by atoms with E-state index in [0.717, 1.165) is 5.56 Å². The van der Waals surface area contributed by atoms with Crippen LogP contribution < -0.4 is 5.73 Å². The summed E-state index contributed by atoms with van der Waals surface area (Å²) in [7, 11) is 0. The number of halogens is 2. The summed E-state index contributed by atoms with van der Waals surface area (Å²) in [5.41, 5.74) is 7.48. The number of phenolic OH excluding ortho intramolecular Hbond substituents is 1. The van der Waals surface area contributed by atoms with Gasteiger partial charge < -0.3 is 10.8 Å². The first kappa shape index (κ1) is 13.8. The van der Waals surface area contributed by atoms with Gasteiger partial charge in [0.05, 0.1) is 0 Å². The summed E-state index contributed by atoms with van der Waals surface area (Å²) >= 11 is 5.97. The molecule has 0 fully saturated rings. The molecule has 2 rings (SSSR count). The van der Waals surface area contributed by atoms with Crippen LogP contribution in [0.5, 0.6) is 5.75 Å². The van der Waals surface area contributed by atoms with Crippen LogP contribution in [0.15, 0.2) is 42.5 Å². The van der Waals surface area contributed by atoms with Gasteiger partial charge in [0, 0.05) is 16.6 Å². The van der Waals surface area contributed by atoms with Crippen LogP contribution in [0.3, 0.4) is 0 Å². The van der Waals surface area contributed by atoms with Crippen LogP contribution in [0.2, 0.25) is 5.02 Å². The number of phenols is 1. The van der Waals surface area contributed by atoms with E-state index >= 15 is 0 Å². The van der Waals surface area contributed by atoms with Crippen molar-refractivity contribution in [1.29, 1.82) is 0 Å². The number of hydrogen-bond acceptors (Lipinski definition) is 2. The summed E-state index contributed by atoms with van der Waals surface area (Å²) in [6, 6.07) is 11.2. The largest absolute Gasteiger partial charge is 0.508 e. The molecule has 0 aromatic heterocycles. The Balaban J connectivity index is 2.05. The van der Waals surface area contributed by atoms with Gasteiger partial charge in [-0.15, -0.1) is 0 Å². The Morgan fingerprint density at radius 2 is 1.79 bits per heavy atom. The van der Waals surface area contributed by atoms with Gasteiger partial charge in [0.25, 0.3) is 0 Å². The summed E-state index contributed by atoms with van der Waals surface area (Å²) in [4.78, 5) is 0. The highest BCUT2D eigenvalue weighted by atomic mass is 35.5. The summed E-state index contributed by atoms with van der Waals surface area (Å²) in [5, 5.41) is 9.60. The molecule has 0 saturated heterocycles. The molecule has 0 heterocycles. The Hall–Kier alpha value is -1.58. The van der Waals surface area contributed by atoms with Crippen molar-refractivity contribution in [1.82, 2.24) is 0 Å². The third kappa shape index (κ3) is 3.69. The highest BCUT2D eigenvalue weighted by Crippen LogP contribution is 2.21. The van der Waals surface area contributed by atoms with Gasteiger partial charge >= 0.3 is 0 Å². The van der Waals surface area contributed by atoms with Crippen molar-refractivity contribution in [2.45, 2.75) is 18.9 Å². The topological polar surface area (TPSA) is 46.2 Å². The van der Waals surface area contributed by atoms with E-state index in [1.165, 1.54) is 6.07 Å². The van der Waals surface area contributed by atoms with Gasteiger partial charge in [0.2, 0.25) is 0 Å². The number of aromatic hydroxyl groups is 1. The zero-order valence-corrected chi connectivity index (χ0v) is 11.1. The van der Waals surface area contributed by atoms with Crippen molar-refractivity contribution < 1.29 is 9.50 Å². The van der Waals surface area contributed by atoms with E-state index < -0.39 is 0 Å². The molecule has 1 atom stereocenters. The summed E-state index contributed by atoms with van der Waals surface area (Å²) in [5.74, 6) is -0.108. The zero-order valence-electron chi connectivity index (χ0n) is 10.3. The highest BCUT2D eigenvalue weighted by Gasteiger charge is 2.12. The molecule has 0 radical (unpaired) electrons. The fourth-order valence-electron chi connectivity index (χ4n) is 2.00. The molecule has 0 saturated carbocycles. The molecule has 0 aliphatic heterocycles. The Morgan fingerprint density at radius 1 is 1.11 bits per heavy atom. The van der Waals surface area contributed by atoms with Crippen LogP contribution in [0.25, 0.3) is 0 Å². The molecular formula is C15H15ClFNO. The zero-order chi connectivity index (χ0) is 13.8. The van der Waals surface area contributed by atoms with Gasteiger partial charge in [0.15, 0.2) is 0 Å².